The summed E-state index contributed by atoms with van der Waals surface area (Å²) >= 11 is 0. The van der Waals surface area contributed by atoms with Crippen LogP contribution in [0, 0.1) is 0 Å². The molecule has 0 aromatic heterocycles. The Balaban J connectivity index is 2.15. The molecule has 0 bridgehead atoms. The van der Waals surface area contributed by atoms with Crippen LogP contribution in [0.25, 0.3) is 6.08 Å². The van der Waals surface area contributed by atoms with Crippen molar-refractivity contribution >= 4 is 22.1 Å². The van der Waals surface area contributed by atoms with Gasteiger partial charge in [-0.25, -0.2) is 13.2 Å². The molecule has 2 rings (SSSR count). The van der Waals surface area contributed by atoms with Gasteiger partial charge in [-0.1, -0.05) is 12.1 Å². The molecule has 1 aliphatic rings. The number of nitrogens with two attached hydrogens (primary N) is 1. The highest BCUT2D eigenvalue weighted by Crippen LogP contribution is 2.20. The molecule has 0 amide bonds. The predicted molar refractivity (Wildman–Crippen MR) is 79.1 cm³/mol. The van der Waals surface area contributed by atoms with Gasteiger partial charge in [0.05, 0.1) is 4.90 Å². The summed E-state index contributed by atoms with van der Waals surface area (Å²) in [6, 6.07) is 6.22. The van der Waals surface area contributed by atoms with Crippen molar-refractivity contribution in [3.8, 4) is 0 Å². The molecule has 6 nitrogen and oxygen atoms in total. The molecule has 0 atom stereocenters. The number of hydrogen-bond acceptors (Lipinski definition) is 4. The highest BCUT2D eigenvalue weighted by molar-refractivity contribution is 7.89. The van der Waals surface area contributed by atoms with E-state index in [-0.39, 0.29) is 10.9 Å². The van der Waals surface area contributed by atoms with E-state index in [1.54, 1.807) is 12.1 Å². The monoisotopic (exact) mass is 310 g/mol. The molecule has 21 heavy (non-hydrogen) atoms. The minimum atomic E-state index is -3.50. The van der Waals surface area contributed by atoms with Gasteiger partial charge in [0.1, 0.15) is 0 Å². The van der Waals surface area contributed by atoms with E-state index in [4.69, 9.17) is 10.8 Å². The zero-order chi connectivity index (χ0) is 15.5. The van der Waals surface area contributed by atoms with Crippen LogP contribution in [0.15, 0.2) is 35.2 Å². The summed E-state index contributed by atoms with van der Waals surface area (Å²) in [6.07, 6.45) is 3.76. The molecule has 0 radical (unpaired) electrons. The average molecular weight is 310 g/mol. The van der Waals surface area contributed by atoms with Crippen molar-refractivity contribution in [3.05, 3.63) is 35.9 Å². The minimum absolute atomic E-state index is 0.0694. The van der Waals surface area contributed by atoms with Crippen molar-refractivity contribution in [2.24, 2.45) is 5.73 Å². The molecule has 1 aromatic rings. The number of piperidine rings is 1. The average Bonchev–Trinajstić information content (AvgIpc) is 2.46. The maximum Gasteiger partial charge on any atom is 0.328 e. The van der Waals surface area contributed by atoms with E-state index in [2.05, 4.69) is 0 Å². The maximum absolute atomic E-state index is 12.4. The third-order valence-electron chi connectivity index (χ3n) is 3.43. The van der Waals surface area contributed by atoms with E-state index in [0.29, 0.717) is 31.5 Å². The number of benzene rings is 1. The van der Waals surface area contributed by atoms with Crippen molar-refractivity contribution in [2.45, 2.75) is 23.8 Å². The lowest BCUT2D eigenvalue weighted by molar-refractivity contribution is -0.131. The molecule has 3 N–H and O–H groups in total. The Labute approximate surface area is 123 Å². The number of carboxylic acid groups (broad SMARTS) is 1. The second kappa shape index (κ2) is 6.38. The van der Waals surface area contributed by atoms with Gasteiger partial charge in [0.2, 0.25) is 10.0 Å². The second-order valence-corrected chi connectivity index (χ2v) is 6.92. The van der Waals surface area contributed by atoms with Gasteiger partial charge < -0.3 is 10.8 Å². The van der Waals surface area contributed by atoms with Crippen LogP contribution in [0.1, 0.15) is 18.4 Å². The quantitative estimate of drug-likeness (QED) is 0.805. The first kappa shape index (κ1) is 15.7. The Morgan fingerprint density at radius 2 is 1.81 bits per heavy atom. The van der Waals surface area contributed by atoms with E-state index in [1.165, 1.54) is 22.5 Å². The molecule has 0 spiro atoms. The van der Waals surface area contributed by atoms with E-state index in [9.17, 15) is 13.2 Å². The van der Waals surface area contributed by atoms with Gasteiger partial charge in [-0.2, -0.15) is 4.31 Å². The summed E-state index contributed by atoms with van der Waals surface area (Å²) < 4.78 is 26.3. The van der Waals surface area contributed by atoms with Crippen molar-refractivity contribution < 1.29 is 18.3 Å². The van der Waals surface area contributed by atoms with Crippen LogP contribution >= 0.6 is 0 Å². The molecule has 0 aliphatic carbocycles. The second-order valence-electron chi connectivity index (χ2n) is 4.98. The zero-order valence-electron chi connectivity index (χ0n) is 11.5. The zero-order valence-corrected chi connectivity index (χ0v) is 12.3. The van der Waals surface area contributed by atoms with Crippen LogP contribution in [0.4, 0.5) is 0 Å². The summed E-state index contributed by atoms with van der Waals surface area (Å²) in [5.41, 5.74) is 6.42. The smallest absolute Gasteiger partial charge is 0.328 e. The first-order valence-corrected chi connectivity index (χ1v) is 8.10. The third-order valence-corrected chi connectivity index (χ3v) is 5.35. The largest absolute Gasteiger partial charge is 0.478 e. The molecule has 1 aromatic carbocycles. The van der Waals surface area contributed by atoms with Gasteiger partial charge in [-0.15, -0.1) is 0 Å². The van der Waals surface area contributed by atoms with Crippen molar-refractivity contribution in [1.82, 2.24) is 4.31 Å². The van der Waals surface area contributed by atoms with E-state index in [0.717, 1.165) is 6.08 Å². The lowest BCUT2D eigenvalue weighted by Crippen LogP contribution is -2.42. The molecule has 1 heterocycles. The number of aliphatic carboxylic acids is 1. The lowest BCUT2D eigenvalue weighted by Gasteiger charge is -2.29. The Morgan fingerprint density at radius 3 is 2.33 bits per heavy atom. The first-order chi connectivity index (χ1) is 9.89. The highest BCUT2D eigenvalue weighted by Gasteiger charge is 2.27. The molecule has 1 saturated heterocycles. The van der Waals surface area contributed by atoms with Gasteiger partial charge >= 0.3 is 5.97 Å². The van der Waals surface area contributed by atoms with Crippen LogP contribution in [-0.2, 0) is 14.8 Å². The SMILES string of the molecule is NC1CCN(S(=O)(=O)c2ccc(C=CC(=O)O)cc2)CC1. The van der Waals surface area contributed by atoms with Crippen molar-refractivity contribution in [1.29, 1.82) is 0 Å². The Morgan fingerprint density at radius 1 is 1.24 bits per heavy atom. The van der Waals surface area contributed by atoms with Crippen LogP contribution in [-0.4, -0.2) is 42.9 Å². The number of nitrogens with zero attached hydrogens (tertiary/aromatic N) is 1. The molecule has 1 aliphatic heterocycles. The first-order valence-electron chi connectivity index (χ1n) is 6.66. The summed E-state index contributed by atoms with van der Waals surface area (Å²) in [7, 11) is -3.50. The maximum atomic E-state index is 12.4. The Bertz CT molecular complexity index is 629. The fourth-order valence-electron chi connectivity index (χ4n) is 2.18. The highest BCUT2D eigenvalue weighted by atomic mass is 32.2. The molecule has 7 heteroatoms. The molecule has 0 saturated carbocycles. The lowest BCUT2D eigenvalue weighted by atomic mass is 10.1. The van der Waals surface area contributed by atoms with Crippen molar-refractivity contribution in [3.63, 3.8) is 0 Å². The molecule has 1 fully saturated rings. The molecule has 114 valence electrons. The third kappa shape index (κ3) is 3.90. The fourth-order valence-corrected chi connectivity index (χ4v) is 3.65. The fraction of sp³-hybridized carbons (Fsp3) is 0.357. The van der Waals surface area contributed by atoms with Crippen LogP contribution < -0.4 is 5.73 Å². The van der Waals surface area contributed by atoms with Gasteiger partial charge in [0.25, 0.3) is 0 Å². The molecule has 0 unspecified atom stereocenters. The Kier molecular flexibility index (Phi) is 4.76. The van der Waals surface area contributed by atoms with E-state index in [1.807, 2.05) is 0 Å². The Hall–Kier alpha value is -1.70. The number of hydrogen-bond donors (Lipinski definition) is 2. The van der Waals surface area contributed by atoms with Crippen LogP contribution in [0.2, 0.25) is 0 Å². The number of rotatable bonds is 4. The standard InChI is InChI=1S/C14H18N2O4S/c15-12-7-9-16(10-8-12)21(19,20)13-4-1-11(2-5-13)3-6-14(17)18/h1-6,12H,7-10,15H2,(H,17,18). The van der Waals surface area contributed by atoms with Crippen molar-refractivity contribution in [2.75, 3.05) is 13.1 Å². The van der Waals surface area contributed by atoms with Gasteiger partial charge in [-0.3, -0.25) is 0 Å². The molecular weight excluding hydrogens is 292 g/mol. The summed E-state index contributed by atoms with van der Waals surface area (Å²) in [5, 5.41) is 8.55. The van der Waals surface area contributed by atoms with Gasteiger partial charge in [-0.05, 0) is 36.6 Å². The number of sulfonamides is 1. The van der Waals surface area contributed by atoms with Gasteiger partial charge in [0.15, 0.2) is 0 Å². The summed E-state index contributed by atoms with van der Waals surface area (Å²) in [5.74, 6) is -1.05. The number of carbonyl (C=O) groups is 1. The summed E-state index contributed by atoms with van der Waals surface area (Å²) in [4.78, 5) is 10.6. The minimum Gasteiger partial charge on any atom is -0.478 e. The number of carboxylic acids is 1. The topological polar surface area (TPSA) is 101 Å². The van der Waals surface area contributed by atoms with E-state index < -0.39 is 16.0 Å². The van der Waals surface area contributed by atoms with Gasteiger partial charge in [0, 0.05) is 25.2 Å². The summed E-state index contributed by atoms with van der Waals surface area (Å²) in [6.45, 7) is 0.869. The van der Waals surface area contributed by atoms with E-state index >= 15 is 0 Å². The van der Waals surface area contributed by atoms with Crippen LogP contribution in [0.5, 0.6) is 0 Å². The normalized spacial score (nSPS) is 18.1. The molecular formula is C14H18N2O4S. The van der Waals surface area contributed by atoms with Crippen LogP contribution in [0.3, 0.4) is 0 Å². The predicted octanol–water partition coefficient (Wildman–Crippen LogP) is 0.896.